The maximum Gasteiger partial charge on any atom is 0.320 e. The number of aliphatic imine (C=N–C) groups is 1. The monoisotopic (exact) mass is 440 g/mol. The topological polar surface area (TPSA) is 129 Å². The molecule has 0 aliphatic carbocycles. The van der Waals surface area contributed by atoms with Gasteiger partial charge in [-0.3, -0.25) is 9.59 Å². The second-order valence-electron chi connectivity index (χ2n) is 6.79. The standard InChI is InChI=1S/C18H12ClF3N4O4/c19-11-12-6(1-8(21)15(11)26-3-5(27)4-26)16(28)10(18(29)30)14(24-12)13-7(20)2-9(22)17(23)25-13/h1-2,5,10,27H,3-4H2,(H2,23,25)(H,29,30). The summed E-state index contributed by atoms with van der Waals surface area (Å²) < 4.78 is 42.5. The zero-order valence-electron chi connectivity index (χ0n) is 14.9. The molecule has 1 aromatic heterocycles. The Labute approximate surface area is 171 Å². The molecule has 0 amide bonds. The molecule has 1 unspecified atom stereocenters. The minimum Gasteiger partial charge on any atom is -0.480 e. The molecule has 156 valence electrons. The molecule has 1 atom stereocenters. The van der Waals surface area contributed by atoms with Gasteiger partial charge in [0.1, 0.15) is 11.5 Å². The number of nitrogen functional groups attached to an aromatic ring is 1. The van der Waals surface area contributed by atoms with Gasteiger partial charge in [0.15, 0.2) is 29.2 Å². The van der Waals surface area contributed by atoms with E-state index in [0.29, 0.717) is 6.07 Å². The summed E-state index contributed by atoms with van der Waals surface area (Å²) in [6.07, 6.45) is -0.686. The number of ketones is 1. The number of carboxylic acids is 1. The number of pyridine rings is 1. The van der Waals surface area contributed by atoms with Gasteiger partial charge in [-0.2, -0.15) is 0 Å². The van der Waals surface area contributed by atoms with Crippen LogP contribution in [-0.4, -0.2) is 51.9 Å². The number of carboxylic acid groups (broad SMARTS) is 1. The van der Waals surface area contributed by atoms with Crippen LogP contribution in [0.5, 0.6) is 0 Å². The summed E-state index contributed by atoms with van der Waals surface area (Å²) in [5.74, 6) is -8.91. The minimum atomic E-state index is -2.03. The van der Waals surface area contributed by atoms with E-state index in [4.69, 9.17) is 17.3 Å². The van der Waals surface area contributed by atoms with Crippen molar-refractivity contribution in [1.29, 1.82) is 0 Å². The van der Waals surface area contributed by atoms with Crippen molar-refractivity contribution in [1.82, 2.24) is 4.98 Å². The average Bonchev–Trinajstić information content (AvgIpc) is 2.63. The van der Waals surface area contributed by atoms with E-state index in [1.54, 1.807) is 0 Å². The van der Waals surface area contributed by atoms with Crippen LogP contribution in [0.25, 0.3) is 0 Å². The van der Waals surface area contributed by atoms with E-state index < -0.39 is 64.0 Å². The number of halogens is 4. The molecule has 4 N–H and O–H groups in total. The molecule has 0 radical (unpaired) electrons. The van der Waals surface area contributed by atoms with Crippen molar-refractivity contribution in [3.8, 4) is 0 Å². The van der Waals surface area contributed by atoms with Crippen LogP contribution < -0.4 is 10.6 Å². The predicted molar refractivity (Wildman–Crippen MR) is 99.8 cm³/mol. The van der Waals surface area contributed by atoms with Crippen LogP contribution in [0.2, 0.25) is 5.02 Å². The number of Topliss-reactive ketones (excluding diaryl/α,β-unsaturated/α-hetero) is 1. The maximum absolute atomic E-state index is 14.6. The lowest BCUT2D eigenvalue weighted by atomic mass is 9.87. The summed E-state index contributed by atoms with van der Waals surface area (Å²) in [6, 6.07) is 1.18. The van der Waals surface area contributed by atoms with Crippen LogP contribution in [0, 0.1) is 23.4 Å². The van der Waals surface area contributed by atoms with Gasteiger partial charge in [-0.15, -0.1) is 0 Å². The molecule has 1 aromatic carbocycles. The lowest BCUT2D eigenvalue weighted by Crippen LogP contribution is -2.51. The van der Waals surface area contributed by atoms with Gasteiger partial charge in [0.25, 0.3) is 0 Å². The molecular weight excluding hydrogens is 429 g/mol. The summed E-state index contributed by atoms with van der Waals surface area (Å²) in [7, 11) is 0. The van der Waals surface area contributed by atoms with Gasteiger partial charge < -0.3 is 20.8 Å². The van der Waals surface area contributed by atoms with Crippen molar-refractivity contribution >= 4 is 46.3 Å². The smallest absolute Gasteiger partial charge is 0.320 e. The van der Waals surface area contributed by atoms with Crippen molar-refractivity contribution < 1.29 is 33.0 Å². The Balaban J connectivity index is 1.96. The second kappa shape index (κ2) is 6.96. The van der Waals surface area contributed by atoms with Crippen LogP contribution in [0.3, 0.4) is 0 Å². The van der Waals surface area contributed by atoms with Gasteiger partial charge in [0.2, 0.25) is 0 Å². The molecule has 2 aliphatic rings. The second-order valence-corrected chi connectivity index (χ2v) is 7.17. The Morgan fingerprint density at radius 1 is 1.20 bits per heavy atom. The lowest BCUT2D eigenvalue weighted by Gasteiger charge is -2.39. The zero-order valence-corrected chi connectivity index (χ0v) is 15.6. The number of aromatic nitrogens is 1. The average molecular weight is 441 g/mol. The highest BCUT2D eigenvalue weighted by Gasteiger charge is 2.42. The summed E-state index contributed by atoms with van der Waals surface area (Å²) >= 11 is 6.26. The van der Waals surface area contributed by atoms with Gasteiger partial charge >= 0.3 is 5.97 Å². The minimum absolute atomic E-state index is 0.0857. The first-order valence-corrected chi connectivity index (χ1v) is 8.90. The first-order valence-electron chi connectivity index (χ1n) is 8.52. The zero-order chi connectivity index (χ0) is 21.9. The molecule has 2 aromatic rings. The Bertz CT molecular complexity index is 1150. The largest absolute Gasteiger partial charge is 0.480 e. The third-order valence-electron chi connectivity index (χ3n) is 4.83. The van der Waals surface area contributed by atoms with E-state index in [2.05, 4.69) is 9.98 Å². The lowest BCUT2D eigenvalue weighted by molar-refractivity contribution is -0.137. The fourth-order valence-corrected chi connectivity index (χ4v) is 3.72. The molecule has 2 aliphatic heterocycles. The highest BCUT2D eigenvalue weighted by Crippen LogP contribution is 2.44. The van der Waals surface area contributed by atoms with Crippen molar-refractivity contribution in [3.05, 3.63) is 45.9 Å². The fraction of sp³-hybridized carbons (Fsp3) is 0.222. The Hall–Kier alpha value is -3.18. The molecule has 8 nitrogen and oxygen atoms in total. The molecule has 3 heterocycles. The number of nitrogens with zero attached hydrogens (tertiary/aromatic N) is 3. The number of aliphatic carboxylic acids is 1. The molecule has 12 heteroatoms. The van der Waals surface area contributed by atoms with Crippen LogP contribution in [0.15, 0.2) is 17.1 Å². The van der Waals surface area contributed by atoms with Crippen molar-refractivity contribution in [2.75, 3.05) is 23.7 Å². The first kappa shape index (κ1) is 20.1. The number of fused-ring (bicyclic) bond motifs is 1. The van der Waals surface area contributed by atoms with Crippen molar-refractivity contribution in [3.63, 3.8) is 0 Å². The van der Waals surface area contributed by atoms with Crippen LogP contribution in [-0.2, 0) is 4.79 Å². The molecule has 1 fully saturated rings. The van der Waals surface area contributed by atoms with E-state index in [1.807, 2.05) is 0 Å². The number of hydrogen-bond donors (Lipinski definition) is 3. The Morgan fingerprint density at radius 2 is 1.87 bits per heavy atom. The number of carbonyl (C=O) groups excluding carboxylic acids is 1. The fourth-order valence-electron chi connectivity index (χ4n) is 3.37. The number of aliphatic hydroxyl groups is 1. The number of anilines is 2. The number of nitrogens with two attached hydrogens (primary N) is 1. The number of rotatable bonds is 3. The Morgan fingerprint density at radius 3 is 2.47 bits per heavy atom. The molecule has 0 saturated carbocycles. The number of β-amino-alcohol motifs (C(OH)–C–C–N with tert-alkyl or cyclic N) is 1. The van der Waals surface area contributed by atoms with Gasteiger partial charge in [-0.1, -0.05) is 11.6 Å². The van der Waals surface area contributed by atoms with Gasteiger partial charge in [0.05, 0.1) is 28.2 Å². The van der Waals surface area contributed by atoms with Crippen molar-refractivity contribution in [2.45, 2.75) is 6.10 Å². The summed E-state index contributed by atoms with van der Waals surface area (Å²) in [5.41, 5.74) is 3.14. The number of carbonyl (C=O) groups is 2. The van der Waals surface area contributed by atoms with Crippen LogP contribution >= 0.6 is 11.6 Å². The number of benzene rings is 1. The third kappa shape index (κ3) is 2.97. The molecular formula is C18H12ClF3N4O4. The van der Waals surface area contributed by atoms with Gasteiger partial charge in [-0.05, 0) is 6.07 Å². The van der Waals surface area contributed by atoms with Gasteiger partial charge in [-0.25, -0.2) is 23.1 Å². The number of hydrogen-bond acceptors (Lipinski definition) is 7. The molecule has 0 spiro atoms. The van der Waals surface area contributed by atoms with E-state index in [1.165, 1.54) is 4.90 Å². The SMILES string of the molecule is Nc1nc(C2=Nc3c(cc(F)c(N4CC(O)C4)c3Cl)C(=O)C2C(=O)O)c(F)cc1F. The summed E-state index contributed by atoms with van der Waals surface area (Å²) in [5, 5.41) is 18.7. The quantitative estimate of drug-likeness (QED) is 0.622. The van der Waals surface area contributed by atoms with Crippen molar-refractivity contribution in [2.24, 2.45) is 10.9 Å². The number of aliphatic hydroxyl groups excluding tert-OH is 1. The molecule has 30 heavy (non-hydrogen) atoms. The predicted octanol–water partition coefficient (Wildman–Crippen LogP) is 1.93. The van der Waals surface area contributed by atoms with Crippen LogP contribution in [0.4, 0.5) is 30.4 Å². The first-order chi connectivity index (χ1) is 14.1. The maximum atomic E-state index is 14.6. The molecule has 4 rings (SSSR count). The molecule has 0 bridgehead atoms. The highest BCUT2D eigenvalue weighted by atomic mass is 35.5. The van der Waals surface area contributed by atoms with E-state index in [9.17, 15) is 33.0 Å². The van der Waals surface area contributed by atoms with Crippen LogP contribution in [0.1, 0.15) is 16.1 Å². The van der Waals surface area contributed by atoms with E-state index in [-0.39, 0.29) is 29.5 Å². The normalized spacial score (nSPS) is 18.7. The summed E-state index contributed by atoms with van der Waals surface area (Å²) in [4.78, 5) is 33.5. The van der Waals surface area contributed by atoms with E-state index >= 15 is 0 Å². The van der Waals surface area contributed by atoms with E-state index in [0.717, 1.165) is 6.07 Å². The molecule has 1 saturated heterocycles. The summed E-state index contributed by atoms with van der Waals surface area (Å²) in [6.45, 7) is 0.171. The third-order valence-corrected chi connectivity index (χ3v) is 5.18. The van der Waals surface area contributed by atoms with Gasteiger partial charge in [0, 0.05) is 24.7 Å². The highest BCUT2D eigenvalue weighted by molar-refractivity contribution is 6.39. The Kier molecular flexibility index (Phi) is 4.66.